The predicted octanol–water partition coefficient (Wildman–Crippen LogP) is 3.79. The first-order chi connectivity index (χ1) is 12.3. The minimum absolute atomic E-state index is 0.146. The van der Waals surface area contributed by atoms with Crippen LogP contribution in [0.1, 0.15) is 12.5 Å². The monoisotopic (exact) mass is 359 g/mol. The molecule has 2 aromatic carbocycles. The van der Waals surface area contributed by atoms with Gasteiger partial charge >= 0.3 is 5.63 Å². The van der Waals surface area contributed by atoms with E-state index in [0.29, 0.717) is 17.4 Å². The molecule has 1 aromatic heterocycles. The van der Waals surface area contributed by atoms with E-state index in [1.165, 1.54) is 19.1 Å². The summed E-state index contributed by atoms with van der Waals surface area (Å²) in [6, 6.07) is 9.09. The highest BCUT2D eigenvalue weighted by Crippen LogP contribution is 2.23. The molecule has 0 bridgehead atoms. The minimum atomic E-state index is -0.964. The van der Waals surface area contributed by atoms with E-state index in [0.717, 1.165) is 23.1 Å². The van der Waals surface area contributed by atoms with Gasteiger partial charge in [0.15, 0.2) is 6.10 Å². The Hall–Kier alpha value is -3.22. The number of nitrogens with one attached hydrogen (secondary N) is 1. The van der Waals surface area contributed by atoms with E-state index >= 15 is 0 Å². The van der Waals surface area contributed by atoms with Crippen molar-refractivity contribution in [1.29, 1.82) is 0 Å². The fourth-order valence-electron chi connectivity index (χ4n) is 2.46. The maximum absolute atomic E-state index is 13.6. The molecule has 3 aromatic rings. The quantitative estimate of drug-likeness (QED) is 0.720. The molecule has 0 saturated carbocycles. The van der Waals surface area contributed by atoms with Crippen LogP contribution in [0.5, 0.6) is 5.75 Å². The third-order valence-corrected chi connectivity index (χ3v) is 3.79. The predicted molar refractivity (Wildman–Crippen MR) is 92.3 cm³/mol. The number of anilines is 1. The number of hydrogen-bond acceptors (Lipinski definition) is 4. The summed E-state index contributed by atoms with van der Waals surface area (Å²) in [7, 11) is 0. The number of carbonyl (C=O) groups is 1. The van der Waals surface area contributed by atoms with Crippen LogP contribution in [0.15, 0.2) is 51.7 Å². The number of halogens is 2. The summed E-state index contributed by atoms with van der Waals surface area (Å²) in [5, 5.41) is 3.09. The van der Waals surface area contributed by atoms with E-state index in [4.69, 9.17) is 9.15 Å². The van der Waals surface area contributed by atoms with Crippen molar-refractivity contribution in [3.05, 3.63) is 70.1 Å². The summed E-state index contributed by atoms with van der Waals surface area (Å²) >= 11 is 0. The van der Waals surface area contributed by atoms with Crippen molar-refractivity contribution in [3.63, 3.8) is 0 Å². The van der Waals surface area contributed by atoms with E-state index in [-0.39, 0.29) is 5.69 Å². The molecule has 5 nitrogen and oxygen atoms in total. The van der Waals surface area contributed by atoms with Gasteiger partial charge in [-0.15, -0.1) is 0 Å². The number of ether oxygens (including phenoxy) is 1. The normalized spacial score (nSPS) is 12.0. The van der Waals surface area contributed by atoms with Gasteiger partial charge in [-0.1, -0.05) is 0 Å². The lowest BCUT2D eigenvalue weighted by Crippen LogP contribution is -2.30. The van der Waals surface area contributed by atoms with Gasteiger partial charge in [0.05, 0.1) is 5.69 Å². The first-order valence-corrected chi connectivity index (χ1v) is 7.80. The number of fused-ring (bicyclic) bond motifs is 1. The van der Waals surface area contributed by atoms with Gasteiger partial charge in [-0.25, -0.2) is 13.6 Å². The Morgan fingerprint density at radius 1 is 1.15 bits per heavy atom. The fraction of sp³-hybridized carbons (Fsp3) is 0.158. The Morgan fingerprint density at radius 2 is 1.92 bits per heavy atom. The van der Waals surface area contributed by atoms with Crippen LogP contribution >= 0.6 is 0 Å². The molecule has 26 heavy (non-hydrogen) atoms. The molecule has 1 atom stereocenters. The summed E-state index contributed by atoms with van der Waals surface area (Å²) in [4.78, 5) is 23.6. The summed E-state index contributed by atoms with van der Waals surface area (Å²) < 4.78 is 37.2. The molecule has 134 valence electrons. The number of benzene rings is 2. The standard InChI is InChI=1S/C19H15F2NO4/c1-10-7-18(23)26-17-9-13(4-5-14(10)17)25-11(2)19(24)22-16-6-3-12(20)8-15(16)21/h3-9,11H,1-2H3,(H,22,24)/t11-/m0/s1. The largest absolute Gasteiger partial charge is 0.481 e. The summed E-state index contributed by atoms with van der Waals surface area (Å²) in [5.41, 5.74) is 0.474. The zero-order valence-electron chi connectivity index (χ0n) is 14.0. The molecule has 7 heteroatoms. The van der Waals surface area contributed by atoms with E-state index in [1.54, 1.807) is 19.1 Å². The van der Waals surface area contributed by atoms with Crippen molar-refractivity contribution in [1.82, 2.24) is 0 Å². The number of rotatable bonds is 4. The number of amides is 1. The van der Waals surface area contributed by atoms with Gasteiger partial charge in [-0.2, -0.15) is 0 Å². The number of aryl methyl sites for hydroxylation is 1. The first kappa shape index (κ1) is 17.6. The van der Waals surface area contributed by atoms with E-state index in [9.17, 15) is 18.4 Å². The van der Waals surface area contributed by atoms with Crippen molar-refractivity contribution < 1.29 is 22.7 Å². The molecule has 1 N–H and O–H groups in total. The molecule has 0 aliphatic heterocycles. The van der Waals surface area contributed by atoms with Gasteiger partial charge in [0.25, 0.3) is 5.91 Å². The van der Waals surface area contributed by atoms with Crippen LogP contribution in [-0.4, -0.2) is 12.0 Å². The maximum Gasteiger partial charge on any atom is 0.336 e. The van der Waals surface area contributed by atoms with Crippen molar-refractivity contribution in [3.8, 4) is 5.75 Å². The Kier molecular flexibility index (Phi) is 4.71. The smallest absolute Gasteiger partial charge is 0.336 e. The van der Waals surface area contributed by atoms with Crippen LogP contribution in [0.2, 0.25) is 0 Å². The number of hydrogen-bond donors (Lipinski definition) is 1. The molecular weight excluding hydrogens is 344 g/mol. The van der Waals surface area contributed by atoms with E-state index in [1.807, 2.05) is 0 Å². The van der Waals surface area contributed by atoms with Crippen LogP contribution in [0.4, 0.5) is 14.5 Å². The highest BCUT2D eigenvalue weighted by molar-refractivity contribution is 5.94. The molecule has 0 radical (unpaired) electrons. The van der Waals surface area contributed by atoms with Gasteiger partial charge in [0.2, 0.25) is 0 Å². The molecule has 0 aliphatic rings. The van der Waals surface area contributed by atoms with Crippen LogP contribution in [0.25, 0.3) is 11.0 Å². The fourth-order valence-corrected chi connectivity index (χ4v) is 2.46. The van der Waals surface area contributed by atoms with Gasteiger partial charge < -0.3 is 14.5 Å². The second kappa shape index (κ2) is 6.95. The maximum atomic E-state index is 13.6. The third kappa shape index (κ3) is 3.72. The van der Waals surface area contributed by atoms with Crippen LogP contribution in [-0.2, 0) is 4.79 Å². The van der Waals surface area contributed by atoms with Crippen LogP contribution in [0.3, 0.4) is 0 Å². The van der Waals surface area contributed by atoms with Gasteiger partial charge in [0.1, 0.15) is 23.0 Å². The summed E-state index contributed by atoms with van der Waals surface area (Å²) in [6.07, 6.45) is -0.964. The zero-order chi connectivity index (χ0) is 18.8. The highest BCUT2D eigenvalue weighted by atomic mass is 19.1. The molecule has 0 unspecified atom stereocenters. The van der Waals surface area contributed by atoms with Crippen LogP contribution < -0.4 is 15.7 Å². The molecular formula is C19H15F2NO4. The Labute approximate surface area is 147 Å². The third-order valence-electron chi connectivity index (χ3n) is 3.79. The lowest BCUT2D eigenvalue weighted by atomic mass is 10.1. The SMILES string of the molecule is Cc1cc(=O)oc2cc(O[C@@H](C)C(=O)Nc3ccc(F)cc3F)ccc12. The van der Waals surface area contributed by atoms with Crippen molar-refractivity contribution in [2.75, 3.05) is 5.32 Å². The zero-order valence-corrected chi connectivity index (χ0v) is 14.0. The lowest BCUT2D eigenvalue weighted by Gasteiger charge is -2.15. The topological polar surface area (TPSA) is 68.5 Å². The first-order valence-electron chi connectivity index (χ1n) is 7.80. The van der Waals surface area contributed by atoms with E-state index in [2.05, 4.69) is 5.32 Å². The molecule has 3 rings (SSSR count). The van der Waals surface area contributed by atoms with Crippen molar-refractivity contribution in [2.45, 2.75) is 20.0 Å². The minimum Gasteiger partial charge on any atom is -0.481 e. The summed E-state index contributed by atoms with van der Waals surface area (Å²) in [6.45, 7) is 3.26. The van der Waals surface area contributed by atoms with Crippen LogP contribution in [0, 0.1) is 18.6 Å². The molecule has 0 spiro atoms. The lowest BCUT2D eigenvalue weighted by molar-refractivity contribution is -0.122. The van der Waals surface area contributed by atoms with Crippen molar-refractivity contribution in [2.24, 2.45) is 0 Å². The molecule has 0 saturated heterocycles. The highest BCUT2D eigenvalue weighted by Gasteiger charge is 2.17. The second-order valence-electron chi connectivity index (χ2n) is 5.78. The average Bonchev–Trinajstić information content (AvgIpc) is 2.56. The molecule has 0 fully saturated rings. The van der Waals surface area contributed by atoms with E-state index < -0.39 is 29.3 Å². The van der Waals surface area contributed by atoms with Gasteiger partial charge in [0, 0.05) is 23.6 Å². The number of carbonyl (C=O) groups excluding carboxylic acids is 1. The summed E-state index contributed by atoms with van der Waals surface area (Å²) in [5.74, 6) is -1.92. The molecule has 1 amide bonds. The average molecular weight is 359 g/mol. The van der Waals surface area contributed by atoms with Gasteiger partial charge in [-0.3, -0.25) is 4.79 Å². The Balaban J connectivity index is 1.76. The molecule has 0 aliphatic carbocycles. The molecule has 1 heterocycles. The van der Waals surface area contributed by atoms with Gasteiger partial charge in [-0.05, 0) is 43.7 Å². The Bertz CT molecular complexity index is 1050. The van der Waals surface area contributed by atoms with Crippen molar-refractivity contribution >= 4 is 22.6 Å². The Morgan fingerprint density at radius 3 is 2.65 bits per heavy atom. The second-order valence-corrected chi connectivity index (χ2v) is 5.78.